The van der Waals surface area contributed by atoms with Crippen molar-refractivity contribution < 1.29 is 14.7 Å². The Morgan fingerprint density at radius 1 is 1.25 bits per heavy atom. The van der Waals surface area contributed by atoms with E-state index in [-0.39, 0.29) is 6.10 Å². The molecule has 1 aromatic heterocycles. The zero-order valence-corrected chi connectivity index (χ0v) is 15.7. The topological polar surface area (TPSA) is 33.9 Å². The number of piperidine rings is 1. The summed E-state index contributed by atoms with van der Waals surface area (Å²) in [6.07, 6.45) is 2.11. The summed E-state index contributed by atoms with van der Waals surface area (Å²) < 4.78 is 6.80. The zero-order valence-electron chi connectivity index (χ0n) is 14.1. The van der Waals surface area contributed by atoms with Crippen molar-refractivity contribution >= 4 is 23.1 Å². The van der Waals surface area contributed by atoms with Gasteiger partial charge in [-0.2, -0.15) is 0 Å². The fourth-order valence-electron chi connectivity index (χ4n) is 3.46. The van der Waals surface area contributed by atoms with E-state index in [9.17, 15) is 5.11 Å². The summed E-state index contributed by atoms with van der Waals surface area (Å²) in [5, 5.41) is 12.4. The van der Waals surface area contributed by atoms with Crippen LogP contribution in [0.2, 0.25) is 0 Å². The molecule has 24 heavy (non-hydrogen) atoms. The van der Waals surface area contributed by atoms with Gasteiger partial charge in [0.2, 0.25) is 0 Å². The number of rotatable bonds is 7. The van der Waals surface area contributed by atoms with Crippen molar-refractivity contribution in [2.45, 2.75) is 29.1 Å². The molecular formula is C19H26NO2S2+. The van der Waals surface area contributed by atoms with Crippen molar-refractivity contribution in [3.8, 4) is 5.75 Å². The Balaban J connectivity index is 1.45. The van der Waals surface area contributed by atoms with Crippen molar-refractivity contribution in [1.29, 1.82) is 0 Å². The molecule has 0 radical (unpaired) electrons. The second-order valence-electron chi connectivity index (χ2n) is 6.37. The maximum absolute atomic E-state index is 10.3. The summed E-state index contributed by atoms with van der Waals surface area (Å²) in [6.45, 7) is 3.11. The Bertz CT molecular complexity index is 610. The number of aliphatic hydroxyl groups excluding tert-OH is 1. The predicted molar refractivity (Wildman–Crippen MR) is 102 cm³/mol. The first-order valence-electron chi connectivity index (χ1n) is 8.57. The monoisotopic (exact) mass is 364 g/mol. The van der Waals surface area contributed by atoms with Crippen molar-refractivity contribution in [3.63, 3.8) is 0 Å². The van der Waals surface area contributed by atoms with Crippen LogP contribution >= 0.6 is 23.1 Å². The van der Waals surface area contributed by atoms with Crippen LogP contribution in [-0.4, -0.2) is 43.7 Å². The van der Waals surface area contributed by atoms with Crippen LogP contribution in [-0.2, 0) is 0 Å². The number of thiophene rings is 1. The third-order valence-corrected chi connectivity index (χ3v) is 6.98. The van der Waals surface area contributed by atoms with Crippen LogP contribution in [0, 0.1) is 0 Å². The lowest BCUT2D eigenvalue weighted by Crippen LogP contribution is -3.14. The summed E-state index contributed by atoms with van der Waals surface area (Å²) in [7, 11) is 1.75. The summed E-state index contributed by atoms with van der Waals surface area (Å²) in [6, 6.07) is 12.6. The number of hydrogen-bond acceptors (Lipinski definition) is 4. The summed E-state index contributed by atoms with van der Waals surface area (Å²) >= 11 is 3.51. The molecule has 1 aliphatic rings. The van der Waals surface area contributed by atoms with Gasteiger partial charge in [-0.25, -0.2) is 0 Å². The molecule has 2 N–H and O–H groups in total. The van der Waals surface area contributed by atoms with Gasteiger partial charge < -0.3 is 14.7 Å². The van der Waals surface area contributed by atoms with Crippen LogP contribution in [0.5, 0.6) is 5.75 Å². The molecule has 0 unspecified atom stereocenters. The van der Waals surface area contributed by atoms with Gasteiger partial charge in [0, 0.05) is 18.6 Å². The molecule has 0 spiro atoms. The second-order valence-corrected chi connectivity index (χ2v) is 8.64. The molecule has 1 fully saturated rings. The van der Waals surface area contributed by atoms with E-state index in [0.29, 0.717) is 5.92 Å². The molecule has 3 rings (SSSR count). The van der Waals surface area contributed by atoms with Crippen LogP contribution in [0.3, 0.4) is 0 Å². The highest BCUT2D eigenvalue weighted by Crippen LogP contribution is 2.31. The highest BCUT2D eigenvalue weighted by molar-refractivity contribution is 8.01. The summed E-state index contributed by atoms with van der Waals surface area (Å²) in [5.41, 5.74) is 1.34. The SMILES string of the molecule is COc1ccccc1C1CC[NH+](C[C@@H](O)CSc2cccs2)CC1. The molecule has 1 atom stereocenters. The van der Waals surface area contributed by atoms with E-state index in [4.69, 9.17) is 4.74 Å². The molecule has 0 aliphatic carbocycles. The van der Waals surface area contributed by atoms with Crippen LogP contribution in [0.15, 0.2) is 46.0 Å². The van der Waals surface area contributed by atoms with Crippen LogP contribution in [0.1, 0.15) is 24.3 Å². The van der Waals surface area contributed by atoms with Crippen molar-refractivity contribution in [2.24, 2.45) is 0 Å². The molecule has 0 bridgehead atoms. The fraction of sp³-hybridized carbons (Fsp3) is 0.474. The molecule has 1 aliphatic heterocycles. The lowest BCUT2D eigenvalue weighted by molar-refractivity contribution is -0.908. The van der Waals surface area contributed by atoms with E-state index in [1.807, 2.05) is 6.07 Å². The van der Waals surface area contributed by atoms with Crippen LogP contribution in [0.4, 0.5) is 0 Å². The minimum atomic E-state index is -0.227. The number of ether oxygens (including phenoxy) is 1. The van der Waals surface area contributed by atoms with Gasteiger partial charge in [0.05, 0.1) is 24.4 Å². The first kappa shape index (κ1) is 17.8. The quantitative estimate of drug-likeness (QED) is 0.741. The standard InChI is InChI=1S/C19H25NO2S2/c1-22-18-6-3-2-5-17(18)15-8-10-20(11-9-15)13-16(21)14-24-19-7-4-12-23-19/h2-7,12,15-16,21H,8-11,13-14H2,1H3/p+1/t16-/m1/s1. The molecule has 0 saturated carbocycles. The number of thioether (sulfide) groups is 1. The molecule has 1 saturated heterocycles. The Morgan fingerprint density at radius 2 is 2.04 bits per heavy atom. The number of likely N-dealkylation sites (tertiary alicyclic amines) is 1. The average Bonchev–Trinajstić information content (AvgIpc) is 3.14. The van der Waals surface area contributed by atoms with Gasteiger partial charge >= 0.3 is 0 Å². The summed E-state index contributed by atoms with van der Waals surface area (Å²) in [5.74, 6) is 2.39. The number of nitrogens with one attached hydrogen (secondary N) is 1. The number of hydrogen-bond donors (Lipinski definition) is 2. The molecule has 1 aromatic carbocycles. The summed E-state index contributed by atoms with van der Waals surface area (Å²) in [4.78, 5) is 1.53. The van der Waals surface area contributed by atoms with Crippen molar-refractivity contribution in [3.05, 3.63) is 47.3 Å². The third-order valence-electron chi connectivity index (χ3n) is 4.71. The zero-order chi connectivity index (χ0) is 16.8. The lowest BCUT2D eigenvalue weighted by atomic mass is 9.88. The van der Waals surface area contributed by atoms with Crippen LogP contribution < -0.4 is 9.64 Å². The predicted octanol–water partition coefficient (Wildman–Crippen LogP) is 2.67. The second kappa shape index (κ2) is 8.90. The van der Waals surface area contributed by atoms with E-state index in [0.717, 1.165) is 31.1 Å². The molecule has 2 heterocycles. The first-order valence-corrected chi connectivity index (χ1v) is 10.4. The van der Waals surface area contributed by atoms with Gasteiger partial charge in [0.1, 0.15) is 18.4 Å². The van der Waals surface area contributed by atoms with Gasteiger partial charge in [-0.1, -0.05) is 24.3 Å². The highest BCUT2D eigenvalue weighted by Gasteiger charge is 2.26. The largest absolute Gasteiger partial charge is 0.496 e. The number of benzene rings is 1. The van der Waals surface area contributed by atoms with Crippen LogP contribution in [0.25, 0.3) is 0 Å². The first-order chi connectivity index (χ1) is 11.8. The maximum Gasteiger partial charge on any atom is 0.122 e. The van der Waals surface area contributed by atoms with Gasteiger partial charge in [-0.3, -0.25) is 0 Å². The smallest absolute Gasteiger partial charge is 0.122 e. The fourth-order valence-corrected chi connectivity index (χ4v) is 5.20. The van der Waals surface area contributed by atoms with Gasteiger partial charge in [0.15, 0.2) is 0 Å². The molecule has 130 valence electrons. The maximum atomic E-state index is 10.3. The minimum absolute atomic E-state index is 0.227. The highest BCUT2D eigenvalue weighted by atomic mass is 32.2. The average molecular weight is 365 g/mol. The normalized spacial score (nSPS) is 22.2. The number of quaternary nitrogens is 1. The lowest BCUT2D eigenvalue weighted by Gasteiger charge is -2.31. The molecule has 3 nitrogen and oxygen atoms in total. The van der Waals surface area contributed by atoms with E-state index in [1.54, 1.807) is 30.2 Å². The molecule has 2 aromatic rings. The number of para-hydroxylation sites is 1. The Morgan fingerprint density at radius 3 is 2.75 bits per heavy atom. The number of methoxy groups -OCH3 is 1. The van der Waals surface area contributed by atoms with Crippen molar-refractivity contribution in [1.82, 2.24) is 0 Å². The Labute approximate surface area is 152 Å². The van der Waals surface area contributed by atoms with E-state index < -0.39 is 0 Å². The minimum Gasteiger partial charge on any atom is -0.496 e. The molecule has 0 amide bonds. The van der Waals surface area contributed by atoms with E-state index >= 15 is 0 Å². The van der Waals surface area contributed by atoms with Gasteiger partial charge in [-0.05, 0) is 29.0 Å². The van der Waals surface area contributed by atoms with Crippen molar-refractivity contribution in [2.75, 3.05) is 32.5 Å². The number of aliphatic hydroxyl groups is 1. The molecule has 5 heteroatoms. The Hall–Kier alpha value is -1.01. The van der Waals surface area contributed by atoms with Gasteiger partial charge in [0.25, 0.3) is 0 Å². The van der Waals surface area contributed by atoms with E-state index in [2.05, 4.69) is 35.7 Å². The van der Waals surface area contributed by atoms with E-state index in [1.165, 1.54) is 27.5 Å². The Kier molecular flexibility index (Phi) is 6.60. The van der Waals surface area contributed by atoms with Gasteiger partial charge in [-0.15, -0.1) is 23.1 Å². The molecular weight excluding hydrogens is 338 g/mol. The third kappa shape index (κ3) is 4.76.